The molecule has 34 heavy (non-hydrogen) atoms. The Kier molecular flexibility index (Phi) is 12.6. The Labute approximate surface area is 208 Å². The summed E-state index contributed by atoms with van der Waals surface area (Å²) in [5.74, 6) is 1.18. The van der Waals surface area contributed by atoms with Gasteiger partial charge in [0.1, 0.15) is 12.3 Å². The first-order valence-corrected chi connectivity index (χ1v) is 15.1. The van der Waals surface area contributed by atoms with E-state index in [0.717, 1.165) is 44.4 Å². The molecule has 0 aliphatic heterocycles. The van der Waals surface area contributed by atoms with Gasteiger partial charge in [-0.25, -0.2) is 13.2 Å². The average molecular weight is 487 g/mol. The average Bonchev–Trinajstić information content (AvgIpc) is 2.85. The maximum absolute atomic E-state index is 15.4. The summed E-state index contributed by atoms with van der Waals surface area (Å²) in [6, 6.07) is 0. The smallest absolute Gasteiger partial charge is 0.157 e. The van der Waals surface area contributed by atoms with Crippen molar-refractivity contribution in [1.82, 2.24) is 0 Å². The Morgan fingerprint density at radius 1 is 0.618 bits per heavy atom. The predicted octanol–water partition coefficient (Wildman–Crippen LogP) is 9.57. The van der Waals surface area contributed by atoms with Gasteiger partial charge in [0.25, 0.3) is 0 Å². The van der Waals surface area contributed by atoms with Crippen molar-refractivity contribution in [3.63, 3.8) is 0 Å². The molecule has 3 rings (SSSR count). The molecule has 0 spiro atoms. The van der Waals surface area contributed by atoms with Gasteiger partial charge in [-0.05, 0) is 81.0 Å². The van der Waals surface area contributed by atoms with E-state index in [1.165, 1.54) is 57.8 Å². The van der Waals surface area contributed by atoms with Gasteiger partial charge in [-0.2, -0.15) is 0 Å². The highest BCUT2D eigenvalue weighted by atomic mass is 19.2. The number of unbranched alkanes of at least 4 members (excludes halogenated alkanes) is 6. The van der Waals surface area contributed by atoms with E-state index in [9.17, 15) is 4.39 Å². The quantitative estimate of drug-likeness (QED) is 0.235. The number of hydrogen-bond acceptors (Lipinski definition) is 1. The van der Waals surface area contributed by atoms with Crippen molar-refractivity contribution >= 4 is 0 Å². The van der Waals surface area contributed by atoms with Crippen LogP contribution in [-0.2, 0) is 4.74 Å². The molecule has 0 N–H and O–H groups in total. The van der Waals surface area contributed by atoms with Gasteiger partial charge in [0.2, 0.25) is 0 Å². The molecule has 7 atom stereocenters. The van der Waals surface area contributed by atoms with Crippen LogP contribution in [-0.4, -0.2) is 31.2 Å². The number of ether oxygens (including phenoxy) is 1. The summed E-state index contributed by atoms with van der Waals surface area (Å²) in [6.07, 6.45) is 14.8. The van der Waals surface area contributed by atoms with Crippen LogP contribution in [0.2, 0.25) is 0 Å². The molecule has 0 bridgehead atoms. The van der Waals surface area contributed by atoms with Crippen molar-refractivity contribution in [3.05, 3.63) is 0 Å². The molecule has 0 saturated heterocycles. The zero-order valence-electron chi connectivity index (χ0n) is 22.2. The lowest BCUT2D eigenvalue weighted by Crippen LogP contribution is -2.47. The second-order valence-electron chi connectivity index (χ2n) is 12.0. The van der Waals surface area contributed by atoms with Crippen molar-refractivity contribution in [1.29, 1.82) is 0 Å². The van der Waals surface area contributed by atoms with E-state index in [2.05, 4.69) is 13.8 Å². The second-order valence-corrected chi connectivity index (χ2v) is 12.0. The van der Waals surface area contributed by atoms with Gasteiger partial charge in [0.05, 0.1) is 6.10 Å². The Hall–Kier alpha value is -0.250. The molecule has 0 aromatic heterocycles. The molecule has 3 aliphatic carbocycles. The van der Waals surface area contributed by atoms with E-state index < -0.39 is 24.6 Å². The summed E-state index contributed by atoms with van der Waals surface area (Å²) in [6.45, 7) is 4.94. The van der Waals surface area contributed by atoms with E-state index in [1.807, 2.05) is 0 Å². The fourth-order valence-electron chi connectivity index (χ4n) is 7.40. The molecule has 0 radical (unpaired) electrons. The van der Waals surface area contributed by atoms with E-state index in [0.29, 0.717) is 31.8 Å². The Bertz CT molecular complexity index is 535. The highest BCUT2D eigenvalue weighted by Crippen LogP contribution is 2.48. The van der Waals surface area contributed by atoms with Crippen molar-refractivity contribution in [2.75, 3.05) is 6.61 Å². The summed E-state index contributed by atoms with van der Waals surface area (Å²) in [4.78, 5) is 0. The molecule has 4 heteroatoms. The number of rotatable bonds is 13. The summed E-state index contributed by atoms with van der Waals surface area (Å²) in [7, 11) is 0. The van der Waals surface area contributed by atoms with E-state index in [-0.39, 0.29) is 17.8 Å². The molecular formula is C30H53F3O. The Balaban J connectivity index is 1.38. The predicted molar refractivity (Wildman–Crippen MR) is 136 cm³/mol. The fourth-order valence-corrected chi connectivity index (χ4v) is 7.40. The number of hydrogen-bond donors (Lipinski definition) is 0. The molecule has 0 amide bonds. The molecule has 0 aromatic rings. The third-order valence-corrected chi connectivity index (χ3v) is 9.61. The minimum atomic E-state index is -1.55. The van der Waals surface area contributed by atoms with Crippen molar-refractivity contribution in [2.24, 2.45) is 29.6 Å². The van der Waals surface area contributed by atoms with Gasteiger partial charge in [0, 0.05) is 6.61 Å². The molecule has 0 heterocycles. The van der Waals surface area contributed by atoms with Crippen LogP contribution in [0, 0.1) is 29.6 Å². The summed E-state index contributed by atoms with van der Waals surface area (Å²) >= 11 is 0. The van der Waals surface area contributed by atoms with Crippen LogP contribution >= 0.6 is 0 Å². The van der Waals surface area contributed by atoms with Crippen molar-refractivity contribution in [2.45, 2.75) is 154 Å². The lowest BCUT2D eigenvalue weighted by atomic mass is 9.64. The number of alkyl halides is 3. The van der Waals surface area contributed by atoms with Gasteiger partial charge < -0.3 is 4.74 Å². The van der Waals surface area contributed by atoms with Gasteiger partial charge >= 0.3 is 0 Å². The lowest BCUT2D eigenvalue weighted by Gasteiger charge is -2.44. The van der Waals surface area contributed by atoms with Gasteiger partial charge in [-0.15, -0.1) is 0 Å². The Morgan fingerprint density at radius 2 is 1.26 bits per heavy atom. The van der Waals surface area contributed by atoms with Gasteiger partial charge in [-0.1, -0.05) is 78.1 Å². The first-order chi connectivity index (χ1) is 16.5. The first-order valence-electron chi connectivity index (χ1n) is 15.1. The maximum Gasteiger partial charge on any atom is 0.157 e. The minimum absolute atomic E-state index is 0.0000844. The van der Waals surface area contributed by atoms with Crippen LogP contribution in [0.3, 0.4) is 0 Å². The Morgan fingerprint density at radius 3 is 1.94 bits per heavy atom. The van der Waals surface area contributed by atoms with Crippen LogP contribution in [0.25, 0.3) is 0 Å². The molecule has 3 aliphatic rings. The van der Waals surface area contributed by atoms with Crippen molar-refractivity contribution < 1.29 is 17.9 Å². The second kappa shape index (κ2) is 15.1. The monoisotopic (exact) mass is 486 g/mol. The van der Waals surface area contributed by atoms with E-state index in [1.54, 1.807) is 0 Å². The standard InChI is InChI=1S/C30H53F3O/c1-3-5-7-9-11-22-12-14-23(15-13-22)25-17-16-24(21-27(25)31)26-18-19-28(30(33)29(26)32)34-20-10-8-6-4-2/h22-30H,3-21H2,1-2H3. The maximum atomic E-state index is 15.4. The normalized spacial score (nSPS) is 39.3. The first kappa shape index (κ1) is 28.3. The fraction of sp³-hybridized carbons (Fsp3) is 1.00. The minimum Gasteiger partial charge on any atom is -0.375 e. The molecule has 0 aromatic carbocycles. The zero-order chi connectivity index (χ0) is 24.3. The number of halogens is 3. The SMILES string of the molecule is CCCCCCOC1CCC(C2CCC(C3CCC(CCCCCC)CC3)C(F)C2)C(F)C1F. The highest BCUT2D eigenvalue weighted by molar-refractivity contribution is 4.96. The summed E-state index contributed by atoms with van der Waals surface area (Å²) in [5, 5.41) is 0. The highest BCUT2D eigenvalue weighted by Gasteiger charge is 2.47. The van der Waals surface area contributed by atoms with Crippen LogP contribution < -0.4 is 0 Å². The third-order valence-electron chi connectivity index (χ3n) is 9.61. The van der Waals surface area contributed by atoms with Gasteiger partial charge in [0.15, 0.2) is 6.17 Å². The zero-order valence-corrected chi connectivity index (χ0v) is 22.2. The molecule has 7 unspecified atom stereocenters. The van der Waals surface area contributed by atoms with Crippen LogP contribution in [0.15, 0.2) is 0 Å². The van der Waals surface area contributed by atoms with Gasteiger partial charge in [-0.3, -0.25) is 0 Å². The van der Waals surface area contributed by atoms with Crippen LogP contribution in [0.1, 0.15) is 129 Å². The topological polar surface area (TPSA) is 9.23 Å². The lowest BCUT2D eigenvalue weighted by molar-refractivity contribution is -0.0927. The molecular weight excluding hydrogens is 433 g/mol. The summed E-state index contributed by atoms with van der Waals surface area (Å²) in [5.41, 5.74) is 0. The molecule has 200 valence electrons. The van der Waals surface area contributed by atoms with Crippen LogP contribution in [0.5, 0.6) is 0 Å². The molecule has 3 fully saturated rings. The van der Waals surface area contributed by atoms with E-state index >= 15 is 8.78 Å². The third kappa shape index (κ3) is 8.13. The largest absolute Gasteiger partial charge is 0.375 e. The molecule has 3 saturated carbocycles. The summed E-state index contributed by atoms with van der Waals surface area (Å²) < 4.78 is 51.0. The van der Waals surface area contributed by atoms with E-state index in [4.69, 9.17) is 4.74 Å². The van der Waals surface area contributed by atoms with Crippen LogP contribution in [0.4, 0.5) is 13.2 Å². The molecule has 1 nitrogen and oxygen atoms in total. The van der Waals surface area contributed by atoms with Crippen molar-refractivity contribution in [3.8, 4) is 0 Å².